The Morgan fingerprint density at radius 3 is 2.44 bits per heavy atom. The number of hydrogen-bond acceptors (Lipinski definition) is 3. The second-order valence-electron chi connectivity index (χ2n) is 7.04. The second-order valence-corrected chi connectivity index (χ2v) is 7.04. The summed E-state index contributed by atoms with van der Waals surface area (Å²) in [6.07, 6.45) is 2.47. The summed E-state index contributed by atoms with van der Waals surface area (Å²) in [5, 5.41) is 9.29. The molecule has 4 nitrogen and oxygen atoms in total. The minimum absolute atomic E-state index is 0.114. The zero-order valence-corrected chi connectivity index (χ0v) is 16.2. The van der Waals surface area contributed by atoms with Crippen LogP contribution >= 0.6 is 0 Å². The van der Waals surface area contributed by atoms with Crippen LogP contribution in [0.3, 0.4) is 0 Å². The first-order valence-electron chi connectivity index (χ1n) is 9.51. The Morgan fingerprint density at radius 1 is 1.11 bits per heavy atom. The molecule has 0 spiro atoms. The number of benzene rings is 2. The van der Waals surface area contributed by atoms with Gasteiger partial charge in [-0.05, 0) is 42.5 Å². The van der Waals surface area contributed by atoms with Crippen molar-refractivity contribution in [3.05, 3.63) is 59.7 Å². The van der Waals surface area contributed by atoms with Gasteiger partial charge in [0.05, 0.1) is 18.2 Å². The fourth-order valence-electron chi connectivity index (χ4n) is 3.79. The molecule has 0 aromatic heterocycles. The largest absolute Gasteiger partial charge is 0.294 e. The van der Waals surface area contributed by atoms with Crippen LogP contribution < -0.4 is 0 Å². The van der Waals surface area contributed by atoms with Crippen LogP contribution in [-0.4, -0.2) is 22.2 Å². The lowest BCUT2D eigenvalue weighted by Crippen LogP contribution is -2.41. The van der Waals surface area contributed by atoms with Crippen molar-refractivity contribution in [3.8, 4) is 17.2 Å². The van der Waals surface area contributed by atoms with Gasteiger partial charge in [-0.2, -0.15) is 5.26 Å². The Labute approximate surface area is 161 Å². The minimum atomic E-state index is -0.579. The molecule has 3 rings (SSSR count). The zero-order chi connectivity index (χ0) is 19.4. The third-order valence-corrected chi connectivity index (χ3v) is 5.31. The van der Waals surface area contributed by atoms with Gasteiger partial charge in [0.1, 0.15) is 11.4 Å². The number of rotatable bonds is 6. The van der Waals surface area contributed by atoms with E-state index in [4.69, 9.17) is 4.99 Å². The SMILES string of the molecule is CCCC1(CC)N=C(C)N(Cc2ccc(-c3ccccc3C#N)cc2)C1=O. The van der Waals surface area contributed by atoms with Gasteiger partial charge in [-0.25, -0.2) is 0 Å². The van der Waals surface area contributed by atoms with Crippen LogP contribution in [0.4, 0.5) is 0 Å². The monoisotopic (exact) mass is 359 g/mol. The number of hydrogen-bond donors (Lipinski definition) is 0. The summed E-state index contributed by atoms with van der Waals surface area (Å²) in [6.45, 7) is 6.58. The lowest BCUT2D eigenvalue weighted by Gasteiger charge is -2.24. The van der Waals surface area contributed by atoms with Gasteiger partial charge in [-0.15, -0.1) is 0 Å². The zero-order valence-electron chi connectivity index (χ0n) is 16.2. The molecule has 0 aliphatic carbocycles. The quantitative estimate of drug-likeness (QED) is 0.734. The van der Waals surface area contributed by atoms with Gasteiger partial charge in [-0.3, -0.25) is 14.7 Å². The molecular weight excluding hydrogens is 334 g/mol. The van der Waals surface area contributed by atoms with Gasteiger partial charge in [0, 0.05) is 0 Å². The smallest absolute Gasteiger partial charge is 0.256 e. The second kappa shape index (κ2) is 7.75. The van der Waals surface area contributed by atoms with Crippen molar-refractivity contribution in [2.75, 3.05) is 0 Å². The number of nitriles is 1. The predicted octanol–water partition coefficient (Wildman–Crippen LogP) is 4.93. The summed E-state index contributed by atoms with van der Waals surface area (Å²) in [5.41, 5.74) is 3.07. The van der Waals surface area contributed by atoms with Crippen LogP contribution in [0.15, 0.2) is 53.5 Å². The number of amidine groups is 1. The normalized spacial score (nSPS) is 19.1. The van der Waals surface area contributed by atoms with Crippen molar-refractivity contribution >= 4 is 11.7 Å². The Hall–Kier alpha value is -2.93. The van der Waals surface area contributed by atoms with E-state index in [2.05, 4.69) is 13.0 Å². The van der Waals surface area contributed by atoms with Crippen LogP contribution in [-0.2, 0) is 11.3 Å². The van der Waals surface area contributed by atoms with Crippen molar-refractivity contribution in [3.63, 3.8) is 0 Å². The molecule has 1 atom stereocenters. The Kier molecular flexibility index (Phi) is 5.41. The standard InChI is InChI=1S/C23H25N3O/c1-4-14-23(5-2)22(27)26(17(3)25-23)16-18-10-12-19(13-11-18)21-9-7-6-8-20(21)15-24/h6-13H,4-5,14,16H2,1-3H3. The van der Waals surface area contributed by atoms with E-state index in [1.807, 2.05) is 62.4 Å². The van der Waals surface area contributed by atoms with Gasteiger partial charge >= 0.3 is 0 Å². The maximum atomic E-state index is 13.0. The summed E-state index contributed by atoms with van der Waals surface area (Å²) in [7, 11) is 0. The predicted molar refractivity (Wildman–Crippen MR) is 108 cm³/mol. The highest BCUT2D eigenvalue weighted by Crippen LogP contribution is 2.32. The summed E-state index contributed by atoms with van der Waals surface area (Å²) in [5.74, 6) is 0.914. The summed E-state index contributed by atoms with van der Waals surface area (Å²) in [6, 6.07) is 17.9. The number of carbonyl (C=O) groups excluding carboxylic acids is 1. The lowest BCUT2D eigenvalue weighted by molar-refractivity contribution is -0.132. The Morgan fingerprint density at radius 2 is 1.81 bits per heavy atom. The molecule has 1 heterocycles. The van der Waals surface area contributed by atoms with Crippen molar-refractivity contribution in [2.45, 2.75) is 52.1 Å². The molecule has 0 fully saturated rings. The molecule has 0 bridgehead atoms. The van der Waals surface area contributed by atoms with Crippen molar-refractivity contribution in [2.24, 2.45) is 4.99 Å². The Balaban J connectivity index is 1.81. The first kappa shape index (κ1) is 18.8. The molecule has 4 heteroatoms. The number of nitrogens with zero attached hydrogens (tertiary/aromatic N) is 3. The molecule has 0 radical (unpaired) electrons. The lowest BCUT2D eigenvalue weighted by atomic mass is 9.91. The fraction of sp³-hybridized carbons (Fsp3) is 0.348. The molecule has 0 N–H and O–H groups in total. The number of aliphatic imine (C=N–C) groups is 1. The highest BCUT2D eigenvalue weighted by Gasteiger charge is 2.44. The number of carbonyl (C=O) groups is 1. The molecule has 2 aromatic carbocycles. The van der Waals surface area contributed by atoms with Crippen molar-refractivity contribution in [1.29, 1.82) is 5.26 Å². The molecule has 27 heavy (non-hydrogen) atoms. The van der Waals surface area contributed by atoms with E-state index in [9.17, 15) is 10.1 Å². The maximum absolute atomic E-state index is 13.0. The third kappa shape index (κ3) is 3.50. The van der Waals surface area contributed by atoms with Crippen LogP contribution in [0, 0.1) is 11.3 Å². The van der Waals surface area contributed by atoms with E-state index < -0.39 is 5.54 Å². The van der Waals surface area contributed by atoms with Crippen LogP contribution in [0.1, 0.15) is 51.2 Å². The van der Waals surface area contributed by atoms with Crippen LogP contribution in [0.25, 0.3) is 11.1 Å². The van der Waals surface area contributed by atoms with Gasteiger partial charge in [0.2, 0.25) is 0 Å². The van der Waals surface area contributed by atoms with E-state index in [1.54, 1.807) is 4.90 Å². The highest BCUT2D eigenvalue weighted by molar-refractivity contribution is 6.07. The van der Waals surface area contributed by atoms with Gasteiger partial charge < -0.3 is 0 Å². The average molecular weight is 359 g/mol. The van der Waals surface area contributed by atoms with E-state index in [1.165, 1.54) is 0 Å². The summed E-state index contributed by atoms with van der Waals surface area (Å²) >= 11 is 0. The third-order valence-electron chi connectivity index (χ3n) is 5.31. The summed E-state index contributed by atoms with van der Waals surface area (Å²) < 4.78 is 0. The molecule has 138 valence electrons. The van der Waals surface area contributed by atoms with Crippen molar-refractivity contribution in [1.82, 2.24) is 4.90 Å². The number of amides is 1. The fourth-order valence-corrected chi connectivity index (χ4v) is 3.79. The highest BCUT2D eigenvalue weighted by atomic mass is 16.2. The van der Waals surface area contributed by atoms with Gasteiger partial charge in [0.25, 0.3) is 5.91 Å². The molecule has 2 aromatic rings. The molecule has 1 amide bonds. The molecule has 1 unspecified atom stereocenters. The molecule has 0 saturated heterocycles. The minimum Gasteiger partial charge on any atom is -0.294 e. The molecular formula is C23H25N3O. The van der Waals surface area contributed by atoms with E-state index in [-0.39, 0.29) is 5.91 Å². The first-order valence-corrected chi connectivity index (χ1v) is 9.51. The Bertz CT molecular complexity index is 908. The van der Waals surface area contributed by atoms with Crippen LogP contribution in [0.5, 0.6) is 0 Å². The first-order chi connectivity index (χ1) is 13.0. The van der Waals surface area contributed by atoms with E-state index in [0.29, 0.717) is 12.1 Å². The van der Waals surface area contributed by atoms with E-state index >= 15 is 0 Å². The average Bonchev–Trinajstić information content (AvgIpc) is 2.93. The van der Waals surface area contributed by atoms with Crippen molar-refractivity contribution < 1.29 is 4.79 Å². The van der Waals surface area contributed by atoms with Gasteiger partial charge in [0.15, 0.2) is 0 Å². The maximum Gasteiger partial charge on any atom is 0.256 e. The molecule has 1 aliphatic rings. The molecule has 1 aliphatic heterocycles. The molecule has 0 saturated carbocycles. The van der Waals surface area contributed by atoms with Gasteiger partial charge in [-0.1, -0.05) is 62.7 Å². The van der Waals surface area contributed by atoms with Crippen LogP contribution in [0.2, 0.25) is 0 Å². The topological polar surface area (TPSA) is 56.5 Å². The summed E-state index contributed by atoms with van der Waals surface area (Å²) in [4.78, 5) is 19.5. The van der Waals surface area contributed by atoms with E-state index in [0.717, 1.165) is 41.8 Å².